The third-order valence-corrected chi connectivity index (χ3v) is 5.10. The van der Waals surface area contributed by atoms with Crippen LogP contribution in [0.1, 0.15) is 21.6 Å². The molecule has 0 fully saturated rings. The number of esters is 1. The van der Waals surface area contributed by atoms with Gasteiger partial charge in [-0.3, -0.25) is 0 Å². The van der Waals surface area contributed by atoms with Gasteiger partial charge in [-0.15, -0.1) is 0 Å². The van der Waals surface area contributed by atoms with Crippen LogP contribution in [0, 0.1) is 6.92 Å². The van der Waals surface area contributed by atoms with Crippen LogP contribution < -0.4 is 4.72 Å². The van der Waals surface area contributed by atoms with Gasteiger partial charge in [0.05, 0.1) is 16.2 Å². The number of nitrogens with zero attached hydrogens (tertiary/aromatic N) is 2. The van der Waals surface area contributed by atoms with Crippen molar-refractivity contribution >= 4 is 21.6 Å². The zero-order valence-corrected chi connectivity index (χ0v) is 14.6. The molecular weight excluding hydrogens is 342 g/mol. The van der Waals surface area contributed by atoms with Crippen molar-refractivity contribution in [2.75, 3.05) is 7.05 Å². The summed E-state index contributed by atoms with van der Waals surface area (Å²) in [6.45, 7) is 2.02. The maximum absolute atomic E-state index is 12.1. The lowest BCUT2D eigenvalue weighted by atomic mass is 10.2. The Morgan fingerprint density at radius 2 is 1.88 bits per heavy atom. The Labute approximate surface area is 145 Å². The number of pyridine rings is 1. The van der Waals surface area contributed by atoms with Gasteiger partial charge >= 0.3 is 5.97 Å². The number of rotatable bonds is 5. The van der Waals surface area contributed by atoms with E-state index < -0.39 is 16.0 Å². The largest absolute Gasteiger partial charge is 0.456 e. The molecule has 0 amide bonds. The highest BCUT2D eigenvalue weighted by Gasteiger charge is 2.14. The average Bonchev–Trinajstić information content (AvgIpc) is 3.01. The monoisotopic (exact) mass is 359 g/mol. The lowest BCUT2D eigenvalue weighted by molar-refractivity contribution is 0.0468. The Balaban J connectivity index is 1.69. The summed E-state index contributed by atoms with van der Waals surface area (Å²) in [4.78, 5) is 16.6. The predicted molar refractivity (Wildman–Crippen MR) is 91.7 cm³/mol. The molecule has 0 saturated heterocycles. The summed E-state index contributed by atoms with van der Waals surface area (Å²) in [6, 6.07) is 9.39. The van der Waals surface area contributed by atoms with Crippen LogP contribution in [0.2, 0.25) is 0 Å². The molecule has 0 atom stereocenters. The van der Waals surface area contributed by atoms with Gasteiger partial charge in [-0.2, -0.15) is 0 Å². The maximum Gasteiger partial charge on any atom is 0.338 e. The molecule has 130 valence electrons. The third-order valence-electron chi connectivity index (χ3n) is 3.67. The number of imidazole rings is 1. The topological polar surface area (TPSA) is 89.8 Å². The number of hydrogen-bond donors (Lipinski definition) is 1. The van der Waals surface area contributed by atoms with Crippen molar-refractivity contribution in [2.45, 2.75) is 18.4 Å². The highest BCUT2D eigenvalue weighted by molar-refractivity contribution is 7.89. The van der Waals surface area contributed by atoms with Gasteiger partial charge in [-0.1, -0.05) is 6.07 Å². The van der Waals surface area contributed by atoms with Gasteiger partial charge in [0.25, 0.3) is 0 Å². The van der Waals surface area contributed by atoms with Gasteiger partial charge in [-0.05, 0) is 49.9 Å². The number of fused-ring (bicyclic) bond motifs is 1. The fourth-order valence-corrected chi connectivity index (χ4v) is 3.07. The molecule has 0 unspecified atom stereocenters. The number of aryl methyl sites for hydroxylation is 1. The number of aromatic nitrogens is 2. The fraction of sp³-hybridized carbons (Fsp3) is 0.176. The summed E-state index contributed by atoms with van der Waals surface area (Å²) in [5.41, 5.74) is 2.78. The summed E-state index contributed by atoms with van der Waals surface area (Å²) in [6.07, 6.45) is 3.74. The highest BCUT2D eigenvalue weighted by atomic mass is 32.2. The number of benzene rings is 1. The quantitative estimate of drug-likeness (QED) is 0.703. The molecule has 2 heterocycles. The van der Waals surface area contributed by atoms with Crippen molar-refractivity contribution in [1.82, 2.24) is 14.1 Å². The van der Waals surface area contributed by atoms with Crippen LogP contribution in [0.3, 0.4) is 0 Å². The molecule has 0 aliphatic heterocycles. The normalized spacial score (nSPS) is 11.6. The van der Waals surface area contributed by atoms with Crippen molar-refractivity contribution in [3.05, 3.63) is 65.6 Å². The lowest BCUT2D eigenvalue weighted by Crippen LogP contribution is -2.18. The van der Waals surface area contributed by atoms with Crippen molar-refractivity contribution in [1.29, 1.82) is 0 Å². The van der Waals surface area contributed by atoms with Crippen LogP contribution in [0.4, 0.5) is 0 Å². The van der Waals surface area contributed by atoms with E-state index in [2.05, 4.69) is 9.71 Å². The van der Waals surface area contributed by atoms with Crippen LogP contribution >= 0.6 is 0 Å². The van der Waals surface area contributed by atoms with Gasteiger partial charge in [0.15, 0.2) is 0 Å². The van der Waals surface area contributed by atoms with E-state index in [1.165, 1.54) is 31.3 Å². The first kappa shape index (κ1) is 17.1. The molecule has 0 aliphatic carbocycles. The number of carbonyl (C=O) groups excluding carboxylic acids is 1. The number of hydrogen-bond acceptors (Lipinski definition) is 5. The second kappa shape index (κ2) is 6.66. The van der Waals surface area contributed by atoms with Gasteiger partial charge in [0.1, 0.15) is 12.3 Å². The molecule has 0 spiro atoms. The number of ether oxygens (including phenoxy) is 1. The van der Waals surface area contributed by atoms with Gasteiger partial charge < -0.3 is 9.14 Å². The highest BCUT2D eigenvalue weighted by Crippen LogP contribution is 2.13. The molecular formula is C17H17N3O4S. The van der Waals surface area contributed by atoms with Crippen molar-refractivity contribution in [3.8, 4) is 0 Å². The average molecular weight is 359 g/mol. The third kappa shape index (κ3) is 3.70. The van der Waals surface area contributed by atoms with E-state index in [0.717, 1.165) is 11.2 Å². The standard InChI is InChI=1S/C17H17N3O4S/c1-12-3-8-16-19-14(10-20(16)9-12)11-24-17(21)13-4-6-15(7-5-13)25(22,23)18-2/h3-10,18H,11H2,1-2H3. The second-order valence-electron chi connectivity index (χ2n) is 5.51. The molecule has 7 nitrogen and oxygen atoms in total. The molecule has 25 heavy (non-hydrogen) atoms. The van der Waals surface area contributed by atoms with E-state index in [1.54, 1.807) is 6.20 Å². The Hall–Kier alpha value is -2.71. The predicted octanol–water partition coefficient (Wildman–Crippen LogP) is 1.91. The minimum atomic E-state index is -3.53. The first-order chi connectivity index (χ1) is 11.9. The summed E-state index contributed by atoms with van der Waals surface area (Å²) in [7, 11) is -2.20. The summed E-state index contributed by atoms with van der Waals surface area (Å²) in [5.74, 6) is -0.540. The molecule has 2 aromatic heterocycles. The van der Waals surface area contributed by atoms with Gasteiger partial charge in [0, 0.05) is 12.4 Å². The summed E-state index contributed by atoms with van der Waals surface area (Å²) < 4.78 is 32.7. The Morgan fingerprint density at radius 1 is 1.16 bits per heavy atom. The summed E-state index contributed by atoms with van der Waals surface area (Å²) >= 11 is 0. The first-order valence-electron chi connectivity index (χ1n) is 7.54. The zero-order chi connectivity index (χ0) is 18.0. The molecule has 8 heteroatoms. The van der Waals surface area contributed by atoms with E-state index in [-0.39, 0.29) is 17.1 Å². The molecule has 0 radical (unpaired) electrons. The van der Waals surface area contributed by atoms with Gasteiger partial charge in [-0.25, -0.2) is 22.9 Å². The van der Waals surface area contributed by atoms with Crippen molar-refractivity contribution < 1.29 is 17.9 Å². The van der Waals surface area contributed by atoms with E-state index in [9.17, 15) is 13.2 Å². The summed E-state index contributed by atoms with van der Waals surface area (Å²) in [5, 5.41) is 0. The fourth-order valence-electron chi connectivity index (χ4n) is 2.34. The SMILES string of the molecule is CNS(=O)(=O)c1ccc(C(=O)OCc2cn3cc(C)ccc3n2)cc1. The smallest absolute Gasteiger partial charge is 0.338 e. The zero-order valence-electron chi connectivity index (χ0n) is 13.8. The van der Waals surface area contributed by atoms with E-state index in [4.69, 9.17) is 4.74 Å². The number of nitrogens with one attached hydrogen (secondary N) is 1. The minimum Gasteiger partial charge on any atom is -0.456 e. The van der Waals surface area contributed by atoms with E-state index in [1.807, 2.05) is 29.7 Å². The van der Waals surface area contributed by atoms with E-state index in [0.29, 0.717) is 5.69 Å². The van der Waals surface area contributed by atoms with Crippen molar-refractivity contribution in [2.24, 2.45) is 0 Å². The maximum atomic E-state index is 12.1. The van der Waals surface area contributed by atoms with Crippen LogP contribution in [-0.4, -0.2) is 30.8 Å². The van der Waals surface area contributed by atoms with Crippen LogP contribution in [-0.2, 0) is 21.4 Å². The molecule has 1 N–H and O–H groups in total. The van der Waals surface area contributed by atoms with Crippen LogP contribution in [0.25, 0.3) is 5.65 Å². The minimum absolute atomic E-state index is 0.0378. The first-order valence-corrected chi connectivity index (χ1v) is 9.02. The Bertz CT molecular complexity index is 1020. The molecule has 0 bridgehead atoms. The Kier molecular flexibility index (Phi) is 4.56. The molecule has 0 aliphatic rings. The van der Waals surface area contributed by atoms with E-state index >= 15 is 0 Å². The molecule has 0 saturated carbocycles. The van der Waals surface area contributed by atoms with Gasteiger partial charge in [0.2, 0.25) is 10.0 Å². The second-order valence-corrected chi connectivity index (χ2v) is 7.40. The van der Waals surface area contributed by atoms with Crippen molar-refractivity contribution in [3.63, 3.8) is 0 Å². The lowest BCUT2D eigenvalue weighted by Gasteiger charge is -2.05. The molecule has 3 aromatic rings. The van der Waals surface area contributed by atoms with Crippen LogP contribution in [0.5, 0.6) is 0 Å². The Morgan fingerprint density at radius 3 is 2.56 bits per heavy atom. The number of carbonyl (C=O) groups is 1. The van der Waals surface area contributed by atoms with Crippen LogP contribution in [0.15, 0.2) is 53.7 Å². The molecule has 3 rings (SSSR count). The molecule has 1 aromatic carbocycles. The number of sulfonamides is 1.